The van der Waals surface area contributed by atoms with Crippen molar-refractivity contribution in [1.82, 2.24) is 0 Å². The zero-order valence-corrected chi connectivity index (χ0v) is 18.1. The van der Waals surface area contributed by atoms with Gasteiger partial charge in [0, 0.05) is 0 Å². The van der Waals surface area contributed by atoms with Crippen LogP contribution in [0, 0.1) is 24.2 Å². The fraction of sp³-hybridized carbons (Fsp3) is 0.741. The van der Waals surface area contributed by atoms with E-state index in [-0.39, 0.29) is 0 Å². The van der Waals surface area contributed by atoms with Gasteiger partial charge in [-0.05, 0) is 79.7 Å². The molecular formula is C27H43. The molecule has 1 aromatic carbocycles. The standard InChI is InChI=1S/C27H43/c1-3-5-6-8-23-13-17-26(18-14-23)27-19-15-25(16-20-27)21-24-11-9-22(7-4-2)10-12-24/h15-16,19-24,26H,3-14,17-18H2,1-2H3/t22-,23-,24-,26-. The van der Waals surface area contributed by atoms with E-state index in [1.807, 2.05) is 0 Å². The molecule has 0 amide bonds. The maximum absolute atomic E-state index is 2.57. The third-order valence-corrected chi connectivity index (χ3v) is 7.49. The molecule has 2 aliphatic rings. The molecule has 27 heavy (non-hydrogen) atoms. The Morgan fingerprint density at radius 3 is 1.96 bits per heavy atom. The Morgan fingerprint density at radius 2 is 1.33 bits per heavy atom. The molecule has 2 aliphatic carbocycles. The summed E-state index contributed by atoms with van der Waals surface area (Å²) in [5.74, 6) is 3.68. The summed E-state index contributed by atoms with van der Waals surface area (Å²) in [7, 11) is 0. The zero-order valence-electron chi connectivity index (χ0n) is 18.1. The Kier molecular flexibility index (Phi) is 8.75. The molecule has 0 heteroatoms. The Balaban J connectivity index is 1.40. The van der Waals surface area contributed by atoms with Gasteiger partial charge in [-0.3, -0.25) is 0 Å². The number of hydrogen-bond donors (Lipinski definition) is 0. The molecule has 0 bridgehead atoms. The van der Waals surface area contributed by atoms with Crippen molar-refractivity contribution in [2.75, 3.05) is 0 Å². The second-order valence-electron chi connectivity index (χ2n) is 9.62. The van der Waals surface area contributed by atoms with Crippen LogP contribution in [-0.4, -0.2) is 0 Å². The Hall–Kier alpha value is -0.780. The van der Waals surface area contributed by atoms with Gasteiger partial charge < -0.3 is 0 Å². The lowest BCUT2D eigenvalue weighted by Gasteiger charge is -2.29. The predicted molar refractivity (Wildman–Crippen MR) is 119 cm³/mol. The van der Waals surface area contributed by atoms with Gasteiger partial charge in [0.25, 0.3) is 0 Å². The fourth-order valence-electron chi connectivity index (χ4n) is 5.67. The van der Waals surface area contributed by atoms with Crippen LogP contribution in [0.2, 0.25) is 0 Å². The molecule has 0 nitrogen and oxygen atoms in total. The first kappa shape index (κ1) is 20.9. The highest BCUT2D eigenvalue weighted by Crippen LogP contribution is 2.38. The van der Waals surface area contributed by atoms with E-state index in [4.69, 9.17) is 0 Å². The van der Waals surface area contributed by atoms with Crippen molar-refractivity contribution in [1.29, 1.82) is 0 Å². The summed E-state index contributed by atoms with van der Waals surface area (Å²) in [5, 5.41) is 0. The average Bonchev–Trinajstić information content (AvgIpc) is 2.71. The van der Waals surface area contributed by atoms with Crippen molar-refractivity contribution in [2.45, 2.75) is 110 Å². The smallest absolute Gasteiger partial charge is 0.00621 e. The first-order chi connectivity index (χ1) is 13.3. The van der Waals surface area contributed by atoms with Crippen LogP contribution in [-0.2, 0) is 0 Å². The Morgan fingerprint density at radius 1 is 0.704 bits per heavy atom. The van der Waals surface area contributed by atoms with Gasteiger partial charge in [-0.2, -0.15) is 0 Å². The highest BCUT2D eigenvalue weighted by molar-refractivity contribution is 5.30. The monoisotopic (exact) mass is 367 g/mol. The summed E-state index contributed by atoms with van der Waals surface area (Å²) in [5.41, 5.74) is 3.07. The van der Waals surface area contributed by atoms with Crippen molar-refractivity contribution in [3.8, 4) is 0 Å². The van der Waals surface area contributed by atoms with Gasteiger partial charge in [0.1, 0.15) is 0 Å². The lowest BCUT2D eigenvalue weighted by molar-refractivity contribution is 0.286. The maximum Gasteiger partial charge on any atom is -0.00621 e. The van der Waals surface area contributed by atoms with Gasteiger partial charge in [0.05, 0.1) is 0 Å². The van der Waals surface area contributed by atoms with E-state index >= 15 is 0 Å². The number of hydrogen-bond acceptors (Lipinski definition) is 0. The van der Waals surface area contributed by atoms with Crippen LogP contribution in [0.25, 0.3) is 0 Å². The molecule has 0 aliphatic heterocycles. The molecule has 0 spiro atoms. The maximum atomic E-state index is 2.57. The van der Waals surface area contributed by atoms with E-state index in [0.29, 0.717) is 0 Å². The third kappa shape index (κ3) is 6.65. The molecule has 3 rings (SSSR count). The Bertz CT molecular complexity index is 497. The molecular weight excluding hydrogens is 324 g/mol. The van der Waals surface area contributed by atoms with Gasteiger partial charge in [-0.25, -0.2) is 0 Å². The number of rotatable bonds is 9. The van der Waals surface area contributed by atoms with E-state index in [2.05, 4.69) is 44.5 Å². The molecule has 2 saturated carbocycles. The summed E-state index contributed by atoms with van der Waals surface area (Å²) in [6.45, 7) is 4.65. The van der Waals surface area contributed by atoms with Crippen molar-refractivity contribution in [2.24, 2.45) is 17.8 Å². The number of benzene rings is 1. The van der Waals surface area contributed by atoms with Crippen LogP contribution in [0.4, 0.5) is 0 Å². The molecule has 0 saturated heterocycles. The summed E-state index contributed by atoms with van der Waals surface area (Å²) >= 11 is 0. The van der Waals surface area contributed by atoms with E-state index in [9.17, 15) is 0 Å². The number of unbranched alkanes of at least 4 members (excludes halogenated alkanes) is 2. The van der Waals surface area contributed by atoms with Crippen LogP contribution < -0.4 is 0 Å². The normalized spacial score (nSPS) is 29.0. The summed E-state index contributed by atoms with van der Waals surface area (Å²) < 4.78 is 0. The van der Waals surface area contributed by atoms with Gasteiger partial charge >= 0.3 is 0 Å². The summed E-state index contributed by atoms with van der Waals surface area (Å²) in [6, 6.07) is 9.69. The molecule has 0 N–H and O–H groups in total. The zero-order chi connectivity index (χ0) is 18.9. The van der Waals surface area contributed by atoms with Crippen LogP contribution in [0.3, 0.4) is 0 Å². The molecule has 0 atom stereocenters. The molecule has 151 valence electrons. The van der Waals surface area contributed by atoms with Crippen molar-refractivity contribution < 1.29 is 0 Å². The predicted octanol–water partition coefficient (Wildman–Crippen LogP) is 8.70. The minimum absolute atomic E-state index is 0.822. The summed E-state index contributed by atoms with van der Waals surface area (Å²) in [6.07, 6.45) is 22.6. The second kappa shape index (κ2) is 11.3. The molecule has 0 aromatic heterocycles. The first-order valence-corrected chi connectivity index (χ1v) is 12.2. The van der Waals surface area contributed by atoms with Crippen LogP contribution in [0.5, 0.6) is 0 Å². The quantitative estimate of drug-likeness (QED) is 0.383. The van der Waals surface area contributed by atoms with E-state index in [1.54, 1.807) is 5.56 Å². The highest BCUT2D eigenvalue weighted by Gasteiger charge is 2.23. The van der Waals surface area contributed by atoms with Gasteiger partial charge in [0.15, 0.2) is 0 Å². The lowest BCUT2D eigenvalue weighted by atomic mass is 9.76. The molecule has 0 unspecified atom stereocenters. The minimum Gasteiger partial charge on any atom is -0.0654 e. The van der Waals surface area contributed by atoms with Crippen molar-refractivity contribution >= 4 is 0 Å². The van der Waals surface area contributed by atoms with E-state index < -0.39 is 0 Å². The molecule has 0 heterocycles. The van der Waals surface area contributed by atoms with Crippen molar-refractivity contribution in [3.63, 3.8) is 0 Å². The second-order valence-corrected chi connectivity index (χ2v) is 9.62. The first-order valence-electron chi connectivity index (χ1n) is 12.2. The van der Waals surface area contributed by atoms with Crippen molar-refractivity contribution in [3.05, 3.63) is 41.8 Å². The van der Waals surface area contributed by atoms with E-state index in [1.165, 1.54) is 95.5 Å². The van der Waals surface area contributed by atoms with E-state index in [0.717, 1.165) is 23.7 Å². The average molecular weight is 368 g/mol. The van der Waals surface area contributed by atoms with Crippen LogP contribution in [0.1, 0.15) is 121 Å². The molecule has 2 fully saturated rings. The lowest BCUT2D eigenvalue weighted by Crippen LogP contribution is -2.15. The SMILES string of the molecule is CCCCC[C@H]1CC[C@H](c2ccc([CH][C@H]3CC[C@H](CCC)CC3)cc2)CC1. The van der Waals surface area contributed by atoms with Gasteiger partial charge in [-0.15, -0.1) is 0 Å². The third-order valence-electron chi connectivity index (χ3n) is 7.49. The molecule has 1 radical (unpaired) electrons. The van der Waals surface area contributed by atoms with Gasteiger partial charge in [0.2, 0.25) is 0 Å². The Labute approximate surface area is 169 Å². The topological polar surface area (TPSA) is 0 Å². The van der Waals surface area contributed by atoms with Gasteiger partial charge in [-0.1, -0.05) is 89.5 Å². The van der Waals surface area contributed by atoms with Crippen LogP contribution in [0.15, 0.2) is 24.3 Å². The van der Waals surface area contributed by atoms with Crippen LogP contribution >= 0.6 is 0 Å². The fourth-order valence-corrected chi connectivity index (χ4v) is 5.67. The summed E-state index contributed by atoms with van der Waals surface area (Å²) in [4.78, 5) is 0. The highest BCUT2D eigenvalue weighted by atomic mass is 14.3. The minimum atomic E-state index is 0.822. The largest absolute Gasteiger partial charge is 0.0654 e. The molecule has 1 aromatic rings.